The van der Waals surface area contributed by atoms with E-state index < -0.39 is 17.3 Å². The van der Waals surface area contributed by atoms with Gasteiger partial charge in [-0.05, 0) is 37.5 Å². The number of nitrogens with one attached hydrogen (secondary N) is 1. The van der Waals surface area contributed by atoms with Crippen LogP contribution in [0.4, 0.5) is 13.2 Å². The van der Waals surface area contributed by atoms with E-state index in [1.807, 2.05) is 0 Å². The van der Waals surface area contributed by atoms with Crippen molar-refractivity contribution in [2.45, 2.75) is 44.8 Å². The van der Waals surface area contributed by atoms with Gasteiger partial charge in [0, 0.05) is 18.5 Å². The summed E-state index contributed by atoms with van der Waals surface area (Å²) in [5, 5.41) is 2.71. The molecule has 0 aliphatic carbocycles. The molecule has 1 atom stereocenters. The van der Waals surface area contributed by atoms with Gasteiger partial charge in [0.15, 0.2) is 0 Å². The van der Waals surface area contributed by atoms with Crippen molar-refractivity contribution in [3.8, 4) is 0 Å². The van der Waals surface area contributed by atoms with Crippen LogP contribution >= 0.6 is 0 Å². The molecule has 0 bridgehead atoms. The summed E-state index contributed by atoms with van der Waals surface area (Å²) < 4.78 is 37.4. The highest BCUT2D eigenvalue weighted by atomic mass is 19.4. The van der Waals surface area contributed by atoms with Crippen molar-refractivity contribution in [1.82, 2.24) is 5.32 Å². The Kier molecular flexibility index (Phi) is 5.39. The molecule has 1 amide bonds. The summed E-state index contributed by atoms with van der Waals surface area (Å²) in [4.78, 5) is 11.8. The quantitative estimate of drug-likeness (QED) is 0.878. The molecule has 21 heavy (non-hydrogen) atoms. The summed E-state index contributed by atoms with van der Waals surface area (Å²) >= 11 is 0. The van der Waals surface area contributed by atoms with Crippen LogP contribution in [-0.2, 0) is 11.0 Å². The average Bonchev–Trinajstić information content (AvgIpc) is 2.34. The van der Waals surface area contributed by atoms with Gasteiger partial charge >= 0.3 is 6.18 Å². The van der Waals surface area contributed by atoms with Gasteiger partial charge in [0.25, 0.3) is 0 Å². The second-order valence-electron chi connectivity index (χ2n) is 5.99. The topological polar surface area (TPSA) is 55.1 Å². The van der Waals surface area contributed by atoms with Crippen molar-refractivity contribution < 1.29 is 18.0 Å². The van der Waals surface area contributed by atoms with Crippen LogP contribution in [-0.4, -0.2) is 18.0 Å². The van der Waals surface area contributed by atoms with Crippen LogP contribution in [0.5, 0.6) is 0 Å². The number of carbonyl (C=O) groups is 1. The Hall–Kier alpha value is -1.56. The summed E-state index contributed by atoms with van der Waals surface area (Å²) in [6.45, 7) is 5.75. The molecular weight excluding hydrogens is 281 g/mol. The van der Waals surface area contributed by atoms with Gasteiger partial charge in [0.1, 0.15) is 0 Å². The van der Waals surface area contributed by atoms with Gasteiger partial charge in [-0.15, -0.1) is 0 Å². The van der Waals surface area contributed by atoms with Crippen LogP contribution in [0.2, 0.25) is 0 Å². The van der Waals surface area contributed by atoms with Crippen molar-refractivity contribution in [2.24, 2.45) is 5.73 Å². The second kappa shape index (κ2) is 6.47. The lowest BCUT2D eigenvalue weighted by atomic mass is 9.96. The fraction of sp³-hybridized carbons (Fsp3) is 0.533. The number of alkyl halides is 3. The highest BCUT2D eigenvalue weighted by Gasteiger charge is 2.30. The fourth-order valence-corrected chi connectivity index (χ4v) is 1.80. The zero-order valence-electron chi connectivity index (χ0n) is 12.4. The Bertz CT molecular complexity index is 475. The van der Waals surface area contributed by atoms with Crippen molar-refractivity contribution in [1.29, 1.82) is 0 Å². The smallest absolute Gasteiger partial charge is 0.354 e. The van der Waals surface area contributed by atoms with Crippen LogP contribution in [0.15, 0.2) is 24.3 Å². The molecule has 118 valence electrons. The highest BCUT2D eigenvalue weighted by Crippen LogP contribution is 2.30. The molecule has 0 spiro atoms. The molecule has 6 heteroatoms. The lowest BCUT2D eigenvalue weighted by Crippen LogP contribution is -2.45. The third-order valence-corrected chi connectivity index (χ3v) is 3.04. The molecule has 0 radical (unpaired) electrons. The molecule has 0 saturated heterocycles. The number of halogens is 3. The Balaban J connectivity index is 2.59. The first kappa shape index (κ1) is 17.5. The zero-order chi connectivity index (χ0) is 16.3. The van der Waals surface area contributed by atoms with Crippen LogP contribution < -0.4 is 11.1 Å². The van der Waals surface area contributed by atoms with E-state index in [-0.39, 0.29) is 18.2 Å². The number of hydrogen-bond donors (Lipinski definition) is 2. The summed E-state index contributed by atoms with van der Waals surface area (Å²) in [5.41, 5.74) is 5.28. The van der Waals surface area contributed by atoms with E-state index in [1.54, 1.807) is 20.8 Å². The van der Waals surface area contributed by atoms with Gasteiger partial charge in [0.05, 0.1) is 5.56 Å². The number of hydrogen-bond acceptors (Lipinski definition) is 2. The Morgan fingerprint density at radius 2 is 1.76 bits per heavy atom. The maximum atomic E-state index is 12.5. The van der Waals surface area contributed by atoms with Gasteiger partial charge in [-0.1, -0.05) is 19.1 Å². The number of carbonyl (C=O) groups excluding carboxylic acids is 1. The molecule has 3 N–H and O–H groups in total. The van der Waals surface area contributed by atoms with Crippen LogP contribution in [0, 0.1) is 0 Å². The molecule has 1 unspecified atom stereocenters. The number of benzene rings is 1. The monoisotopic (exact) mass is 302 g/mol. The highest BCUT2D eigenvalue weighted by molar-refractivity contribution is 5.76. The minimum Gasteiger partial charge on any atom is -0.354 e. The first-order valence-corrected chi connectivity index (χ1v) is 6.72. The Morgan fingerprint density at radius 1 is 1.24 bits per heavy atom. The van der Waals surface area contributed by atoms with E-state index in [0.717, 1.165) is 12.1 Å². The van der Waals surface area contributed by atoms with E-state index >= 15 is 0 Å². The minimum absolute atomic E-state index is 0.159. The molecule has 1 rings (SSSR count). The summed E-state index contributed by atoms with van der Waals surface area (Å²) in [7, 11) is 0. The van der Waals surface area contributed by atoms with Crippen LogP contribution in [0.1, 0.15) is 44.2 Å². The molecular formula is C15H21F3N2O. The zero-order valence-corrected chi connectivity index (χ0v) is 12.4. The third-order valence-electron chi connectivity index (χ3n) is 3.04. The molecule has 3 nitrogen and oxygen atoms in total. The number of amides is 1. The molecule has 1 aromatic carbocycles. The summed E-state index contributed by atoms with van der Waals surface area (Å²) in [5.74, 6) is -0.325. The molecule has 0 heterocycles. The van der Waals surface area contributed by atoms with Crippen molar-refractivity contribution >= 4 is 5.91 Å². The lowest BCUT2D eigenvalue weighted by molar-refractivity contribution is -0.137. The fourth-order valence-electron chi connectivity index (χ4n) is 1.80. The normalized spacial score (nSPS) is 13.9. The van der Waals surface area contributed by atoms with Crippen molar-refractivity contribution in [3.05, 3.63) is 35.4 Å². The van der Waals surface area contributed by atoms with Crippen molar-refractivity contribution in [2.75, 3.05) is 6.54 Å². The summed E-state index contributed by atoms with van der Waals surface area (Å²) in [6.07, 6.45) is -4.13. The molecule has 0 fully saturated rings. The lowest BCUT2D eigenvalue weighted by Gasteiger charge is -2.20. The van der Waals surface area contributed by atoms with E-state index in [1.165, 1.54) is 12.1 Å². The van der Waals surface area contributed by atoms with Gasteiger partial charge < -0.3 is 11.1 Å². The van der Waals surface area contributed by atoms with E-state index in [9.17, 15) is 18.0 Å². The Morgan fingerprint density at radius 3 is 2.19 bits per heavy atom. The van der Waals surface area contributed by atoms with E-state index in [4.69, 9.17) is 5.73 Å². The molecule has 0 aliphatic heterocycles. The predicted molar refractivity (Wildman–Crippen MR) is 75.8 cm³/mol. The van der Waals surface area contributed by atoms with Gasteiger partial charge in [-0.25, -0.2) is 0 Å². The standard InChI is InChI=1S/C15H21F3N2O/c1-10(8-13(21)20-9-14(2,3)19)11-4-6-12(7-5-11)15(16,17)18/h4-7,10H,8-9,19H2,1-3H3,(H,20,21). The minimum atomic E-state index is -4.34. The first-order valence-electron chi connectivity index (χ1n) is 6.72. The van der Waals surface area contributed by atoms with Crippen LogP contribution in [0.3, 0.4) is 0 Å². The second-order valence-corrected chi connectivity index (χ2v) is 5.99. The summed E-state index contributed by atoms with van der Waals surface area (Å²) in [6, 6.07) is 4.89. The predicted octanol–water partition coefficient (Wildman–Crippen LogP) is 3.05. The van der Waals surface area contributed by atoms with E-state index in [2.05, 4.69) is 5.32 Å². The van der Waals surface area contributed by atoms with Gasteiger partial charge in [-0.3, -0.25) is 4.79 Å². The van der Waals surface area contributed by atoms with E-state index in [0.29, 0.717) is 12.1 Å². The maximum Gasteiger partial charge on any atom is 0.416 e. The van der Waals surface area contributed by atoms with Gasteiger partial charge in [0.2, 0.25) is 5.91 Å². The maximum absolute atomic E-state index is 12.5. The average molecular weight is 302 g/mol. The third kappa shape index (κ3) is 6.16. The molecule has 0 saturated carbocycles. The largest absolute Gasteiger partial charge is 0.416 e. The van der Waals surface area contributed by atoms with Gasteiger partial charge in [-0.2, -0.15) is 13.2 Å². The SMILES string of the molecule is CC(CC(=O)NCC(C)(C)N)c1ccc(C(F)(F)F)cc1. The number of rotatable bonds is 5. The Labute approximate surface area is 122 Å². The molecule has 1 aromatic rings. The molecule has 0 aromatic heterocycles. The first-order chi connectivity index (χ1) is 9.49. The van der Waals surface area contributed by atoms with Crippen molar-refractivity contribution in [3.63, 3.8) is 0 Å². The van der Waals surface area contributed by atoms with Crippen LogP contribution in [0.25, 0.3) is 0 Å². The molecule has 0 aliphatic rings. The number of nitrogens with two attached hydrogens (primary N) is 1.